The third-order valence-electron chi connectivity index (χ3n) is 3.74. The van der Waals surface area contributed by atoms with Crippen LogP contribution in [0.15, 0.2) is 0 Å². The SMILES string of the molecule is CC(=O)C(C)(C)CN1CCC(C)C1CO. The molecule has 3 heteroatoms. The Bertz CT molecular complexity index is 238. The van der Waals surface area contributed by atoms with Crippen LogP contribution in [0.3, 0.4) is 0 Å². The first kappa shape index (κ1) is 12.7. The highest BCUT2D eigenvalue weighted by Gasteiger charge is 2.35. The van der Waals surface area contributed by atoms with E-state index in [1.54, 1.807) is 6.92 Å². The highest BCUT2D eigenvalue weighted by Crippen LogP contribution is 2.28. The molecule has 0 aromatic heterocycles. The molecule has 88 valence electrons. The predicted octanol–water partition coefficient (Wildman–Crippen LogP) is 1.30. The first-order valence-electron chi connectivity index (χ1n) is 5.74. The van der Waals surface area contributed by atoms with Gasteiger partial charge in [-0.1, -0.05) is 20.8 Å². The largest absolute Gasteiger partial charge is 0.395 e. The molecular weight excluding hydrogens is 190 g/mol. The van der Waals surface area contributed by atoms with E-state index in [1.165, 1.54) is 0 Å². The summed E-state index contributed by atoms with van der Waals surface area (Å²) in [6.45, 7) is 9.74. The van der Waals surface area contributed by atoms with Crippen LogP contribution in [0.1, 0.15) is 34.1 Å². The van der Waals surface area contributed by atoms with Gasteiger partial charge in [-0.2, -0.15) is 0 Å². The Morgan fingerprint density at radius 2 is 2.13 bits per heavy atom. The minimum absolute atomic E-state index is 0.204. The van der Waals surface area contributed by atoms with Crippen molar-refractivity contribution in [1.29, 1.82) is 0 Å². The van der Waals surface area contributed by atoms with Crippen molar-refractivity contribution in [3.8, 4) is 0 Å². The molecule has 1 fully saturated rings. The van der Waals surface area contributed by atoms with Crippen LogP contribution in [0.5, 0.6) is 0 Å². The average molecular weight is 213 g/mol. The Hall–Kier alpha value is -0.410. The lowest BCUT2D eigenvalue weighted by Crippen LogP contribution is -2.43. The number of aliphatic hydroxyl groups excluding tert-OH is 1. The number of Topliss-reactive ketones (excluding diaryl/α,β-unsaturated/α-hetero) is 1. The number of aliphatic hydroxyl groups is 1. The molecule has 0 saturated carbocycles. The molecule has 2 atom stereocenters. The minimum atomic E-state index is -0.294. The molecule has 1 aliphatic rings. The van der Waals surface area contributed by atoms with Crippen LogP contribution < -0.4 is 0 Å². The van der Waals surface area contributed by atoms with E-state index < -0.39 is 0 Å². The third kappa shape index (κ3) is 2.79. The summed E-state index contributed by atoms with van der Waals surface area (Å²) in [5, 5.41) is 9.32. The van der Waals surface area contributed by atoms with E-state index in [4.69, 9.17) is 0 Å². The fourth-order valence-electron chi connectivity index (χ4n) is 2.20. The number of hydrogen-bond donors (Lipinski definition) is 1. The zero-order chi connectivity index (χ0) is 11.6. The van der Waals surface area contributed by atoms with Gasteiger partial charge >= 0.3 is 0 Å². The van der Waals surface area contributed by atoms with Gasteiger partial charge in [-0.3, -0.25) is 9.69 Å². The summed E-state index contributed by atoms with van der Waals surface area (Å²) in [6, 6.07) is 0.239. The molecule has 0 amide bonds. The summed E-state index contributed by atoms with van der Waals surface area (Å²) in [6.07, 6.45) is 1.12. The van der Waals surface area contributed by atoms with Gasteiger partial charge in [0.05, 0.1) is 6.61 Å². The molecule has 0 aliphatic carbocycles. The lowest BCUT2D eigenvalue weighted by atomic mass is 9.88. The van der Waals surface area contributed by atoms with Crippen LogP contribution in [0.2, 0.25) is 0 Å². The fraction of sp³-hybridized carbons (Fsp3) is 0.917. The second-order valence-electron chi connectivity index (χ2n) is 5.43. The van der Waals surface area contributed by atoms with Gasteiger partial charge in [-0.25, -0.2) is 0 Å². The van der Waals surface area contributed by atoms with Gasteiger partial charge in [0.2, 0.25) is 0 Å². The van der Waals surface area contributed by atoms with E-state index in [0.717, 1.165) is 19.5 Å². The van der Waals surface area contributed by atoms with Gasteiger partial charge < -0.3 is 5.11 Å². The maximum atomic E-state index is 11.4. The zero-order valence-corrected chi connectivity index (χ0v) is 10.3. The monoisotopic (exact) mass is 213 g/mol. The van der Waals surface area contributed by atoms with Crippen molar-refractivity contribution in [2.75, 3.05) is 19.7 Å². The van der Waals surface area contributed by atoms with E-state index in [2.05, 4.69) is 11.8 Å². The van der Waals surface area contributed by atoms with E-state index in [-0.39, 0.29) is 23.8 Å². The van der Waals surface area contributed by atoms with Crippen LogP contribution in [0.25, 0.3) is 0 Å². The molecule has 1 N–H and O–H groups in total. The zero-order valence-electron chi connectivity index (χ0n) is 10.3. The molecule has 1 heterocycles. The fourth-order valence-corrected chi connectivity index (χ4v) is 2.20. The molecular formula is C12H23NO2. The van der Waals surface area contributed by atoms with E-state index in [9.17, 15) is 9.90 Å². The van der Waals surface area contributed by atoms with Crippen LogP contribution in [0, 0.1) is 11.3 Å². The van der Waals surface area contributed by atoms with Gasteiger partial charge in [-0.05, 0) is 25.8 Å². The van der Waals surface area contributed by atoms with Gasteiger partial charge in [0.25, 0.3) is 0 Å². The standard InChI is InChI=1S/C12H23NO2/c1-9-5-6-13(11(9)7-14)8-12(3,4)10(2)15/h9,11,14H,5-8H2,1-4H3. The molecule has 15 heavy (non-hydrogen) atoms. The molecule has 0 aromatic rings. The highest BCUT2D eigenvalue weighted by atomic mass is 16.3. The quantitative estimate of drug-likeness (QED) is 0.765. The molecule has 1 aliphatic heterocycles. The number of rotatable bonds is 4. The average Bonchev–Trinajstić information content (AvgIpc) is 2.45. The number of carbonyl (C=O) groups is 1. The Labute approximate surface area is 92.5 Å². The summed E-state index contributed by atoms with van der Waals surface area (Å²) in [7, 11) is 0. The summed E-state index contributed by atoms with van der Waals surface area (Å²) in [5.74, 6) is 0.761. The Kier molecular flexibility index (Phi) is 3.90. The topological polar surface area (TPSA) is 40.5 Å². The number of hydrogen-bond acceptors (Lipinski definition) is 3. The van der Waals surface area contributed by atoms with Crippen LogP contribution >= 0.6 is 0 Å². The Balaban J connectivity index is 2.62. The van der Waals surface area contributed by atoms with Crippen molar-refractivity contribution in [2.45, 2.75) is 40.2 Å². The van der Waals surface area contributed by atoms with Crippen molar-refractivity contribution in [2.24, 2.45) is 11.3 Å². The van der Waals surface area contributed by atoms with Gasteiger partial charge in [0, 0.05) is 18.0 Å². The summed E-state index contributed by atoms with van der Waals surface area (Å²) >= 11 is 0. The van der Waals surface area contributed by atoms with E-state index in [0.29, 0.717) is 5.92 Å². The molecule has 1 saturated heterocycles. The third-order valence-corrected chi connectivity index (χ3v) is 3.74. The number of ketones is 1. The van der Waals surface area contributed by atoms with Crippen LogP contribution in [-0.2, 0) is 4.79 Å². The molecule has 2 unspecified atom stereocenters. The lowest BCUT2D eigenvalue weighted by molar-refractivity contribution is -0.126. The second-order valence-corrected chi connectivity index (χ2v) is 5.43. The maximum absolute atomic E-state index is 11.4. The Morgan fingerprint density at radius 3 is 2.60 bits per heavy atom. The summed E-state index contributed by atoms with van der Waals surface area (Å²) < 4.78 is 0. The molecule has 0 radical (unpaired) electrons. The summed E-state index contributed by atoms with van der Waals surface area (Å²) in [4.78, 5) is 13.7. The predicted molar refractivity (Wildman–Crippen MR) is 60.7 cm³/mol. The molecule has 1 rings (SSSR count). The van der Waals surface area contributed by atoms with Crippen molar-refractivity contribution < 1.29 is 9.90 Å². The van der Waals surface area contributed by atoms with Crippen molar-refractivity contribution in [1.82, 2.24) is 4.90 Å². The first-order chi connectivity index (χ1) is 6.88. The Morgan fingerprint density at radius 1 is 1.53 bits per heavy atom. The minimum Gasteiger partial charge on any atom is -0.395 e. The van der Waals surface area contributed by atoms with Gasteiger partial charge in [-0.15, -0.1) is 0 Å². The molecule has 0 spiro atoms. The number of nitrogens with zero attached hydrogens (tertiary/aromatic N) is 1. The van der Waals surface area contributed by atoms with Crippen molar-refractivity contribution in [3.63, 3.8) is 0 Å². The molecule has 0 aromatic carbocycles. The maximum Gasteiger partial charge on any atom is 0.136 e. The first-order valence-corrected chi connectivity index (χ1v) is 5.74. The second kappa shape index (κ2) is 4.62. The van der Waals surface area contributed by atoms with Crippen LogP contribution in [0.4, 0.5) is 0 Å². The molecule has 0 bridgehead atoms. The molecule has 3 nitrogen and oxygen atoms in total. The van der Waals surface area contributed by atoms with Crippen molar-refractivity contribution in [3.05, 3.63) is 0 Å². The smallest absolute Gasteiger partial charge is 0.136 e. The summed E-state index contributed by atoms with van der Waals surface area (Å²) in [5.41, 5.74) is -0.294. The van der Waals surface area contributed by atoms with E-state index in [1.807, 2.05) is 13.8 Å². The highest BCUT2D eigenvalue weighted by molar-refractivity contribution is 5.81. The normalized spacial score (nSPS) is 28.3. The van der Waals surface area contributed by atoms with Gasteiger partial charge in [0.15, 0.2) is 0 Å². The van der Waals surface area contributed by atoms with Crippen molar-refractivity contribution >= 4 is 5.78 Å². The van der Waals surface area contributed by atoms with Crippen LogP contribution in [-0.4, -0.2) is 41.5 Å². The van der Waals surface area contributed by atoms with Gasteiger partial charge in [0.1, 0.15) is 5.78 Å². The lowest BCUT2D eigenvalue weighted by Gasteiger charge is -2.32. The van der Waals surface area contributed by atoms with E-state index >= 15 is 0 Å². The number of likely N-dealkylation sites (tertiary alicyclic amines) is 1. The number of carbonyl (C=O) groups excluding carboxylic acids is 1.